The fourth-order valence-corrected chi connectivity index (χ4v) is 5.69. The minimum absolute atomic E-state index is 1.03. The molecular weight excluding hydrogens is 504 g/mol. The molecule has 0 aliphatic heterocycles. The zero-order chi connectivity index (χ0) is 30.4. The first kappa shape index (κ1) is 30.3. The topological polar surface area (TPSA) is 0 Å². The SMILES string of the molecule is C=Cc1c(C)ccc(-c2c(C=C)c(C=C)c(-c3ccc(C(/C=C(\C)CC)=C/C(C)=C\C)cc3)c3ccccc23)c1C=C. The number of hydrogen-bond donors (Lipinski definition) is 0. The van der Waals surface area contributed by atoms with Gasteiger partial charge in [-0.2, -0.15) is 0 Å². The molecule has 0 N–H and O–H groups in total. The van der Waals surface area contributed by atoms with Gasteiger partial charge in [-0.25, -0.2) is 0 Å². The number of rotatable bonds is 10. The Kier molecular flexibility index (Phi) is 9.60. The molecule has 4 rings (SSSR count). The summed E-state index contributed by atoms with van der Waals surface area (Å²) < 4.78 is 0. The minimum atomic E-state index is 1.03. The first-order chi connectivity index (χ1) is 20.3. The van der Waals surface area contributed by atoms with Crippen LogP contribution in [0.3, 0.4) is 0 Å². The number of benzene rings is 4. The highest BCUT2D eigenvalue weighted by atomic mass is 14.2. The Morgan fingerprint density at radius 3 is 1.79 bits per heavy atom. The van der Waals surface area contributed by atoms with E-state index in [-0.39, 0.29) is 0 Å². The molecule has 4 aromatic rings. The van der Waals surface area contributed by atoms with E-state index in [1.807, 2.05) is 24.3 Å². The molecule has 0 saturated carbocycles. The Bertz CT molecular complexity index is 1780. The van der Waals surface area contributed by atoms with Gasteiger partial charge in [-0.1, -0.05) is 148 Å². The standard InChI is InChI=1S/C42H42/c1-10-28(7)26-33(27-29(8)11-2)31-21-23-32(24-22-31)41-36(14-5)37(15-6)42(39-19-17-16-18-38(39)41)40-25-20-30(9)34(12-3)35(40)13-4/h10,12-27H,3-6,11H2,1-2,7-9H3/b28-10-,29-27+,33-26+. The van der Waals surface area contributed by atoms with Crippen LogP contribution in [0.15, 0.2) is 116 Å². The van der Waals surface area contributed by atoms with Gasteiger partial charge in [-0.3, -0.25) is 0 Å². The summed E-state index contributed by atoms with van der Waals surface area (Å²) >= 11 is 0. The summed E-state index contributed by atoms with van der Waals surface area (Å²) in [5, 5.41) is 2.35. The number of fused-ring (bicyclic) bond motifs is 1. The summed E-state index contributed by atoms with van der Waals surface area (Å²) in [6, 6.07) is 22.0. The van der Waals surface area contributed by atoms with Crippen LogP contribution in [0.5, 0.6) is 0 Å². The van der Waals surface area contributed by atoms with E-state index < -0.39 is 0 Å². The van der Waals surface area contributed by atoms with Gasteiger partial charge in [0.05, 0.1) is 0 Å². The van der Waals surface area contributed by atoms with Gasteiger partial charge in [0.2, 0.25) is 0 Å². The predicted octanol–water partition coefficient (Wildman–Crippen LogP) is 12.8. The maximum Gasteiger partial charge on any atom is -0.00204 e. The lowest BCUT2D eigenvalue weighted by Crippen LogP contribution is -1.99. The van der Waals surface area contributed by atoms with E-state index in [1.54, 1.807) is 0 Å². The molecule has 0 aliphatic carbocycles. The monoisotopic (exact) mass is 546 g/mol. The quantitative estimate of drug-likeness (QED) is 0.174. The molecule has 210 valence electrons. The first-order valence-corrected chi connectivity index (χ1v) is 14.7. The summed E-state index contributed by atoms with van der Waals surface area (Å²) in [7, 11) is 0. The molecule has 0 amide bonds. The summed E-state index contributed by atoms with van der Waals surface area (Å²) in [6.07, 6.45) is 15.5. The van der Waals surface area contributed by atoms with Crippen LogP contribution < -0.4 is 0 Å². The maximum atomic E-state index is 4.28. The van der Waals surface area contributed by atoms with Crippen LogP contribution in [0.2, 0.25) is 0 Å². The number of allylic oxidation sites excluding steroid dienone is 6. The molecule has 0 atom stereocenters. The minimum Gasteiger partial charge on any atom is -0.0984 e. The fraction of sp³-hybridized carbons (Fsp3) is 0.143. The van der Waals surface area contributed by atoms with Crippen LogP contribution in [0.25, 0.3) is 62.9 Å². The van der Waals surface area contributed by atoms with Crippen LogP contribution in [0.1, 0.15) is 67.5 Å². The van der Waals surface area contributed by atoms with Crippen molar-refractivity contribution < 1.29 is 0 Å². The molecule has 0 fully saturated rings. The summed E-state index contributed by atoms with van der Waals surface area (Å²) in [4.78, 5) is 0. The zero-order valence-corrected chi connectivity index (χ0v) is 25.9. The largest absolute Gasteiger partial charge is 0.0984 e. The average molecular weight is 547 g/mol. The summed E-state index contributed by atoms with van der Waals surface area (Å²) in [5.41, 5.74) is 15.1. The normalized spacial score (nSPS) is 12.4. The van der Waals surface area contributed by atoms with Crippen molar-refractivity contribution in [2.24, 2.45) is 0 Å². The van der Waals surface area contributed by atoms with Crippen molar-refractivity contribution >= 4 is 40.6 Å². The molecule has 0 heterocycles. The summed E-state index contributed by atoms with van der Waals surface area (Å²) in [6.45, 7) is 27.6. The molecule has 4 aromatic carbocycles. The Balaban J connectivity index is 2.04. The lowest BCUT2D eigenvalue weighted by molar-refractivity contribution is 1.10. The Labute approximate surface area is 253 Å². The molecular formula is C42H42. The second-order valence-electron chi connectivity index (χ2n) is 10.8. The molecule has 0 spiro atoms. The maximum absolute atomic E-state index is 4.28. The van der Waals surface area contributed by atoms with Crippen LogP contribution in [-0.2, 0) is 0 Å². The Morgan fingerprint density at radius 2 is 1.24 bits per heavy atom. The van der Waals surface area contributed by atoms with Gasteiger partial charge in [0.1, 0.15) is 0 Å². The van der Waals surface area contributed by atoms with Crippen molar-refractivity contribution in [3.63, 3.8) is 0 Å². The van der Waals surface area contributed by atoms with Crippen molar-refractivity contribution in [3.8, 4) is 22.3 Å². The molecule has 0 radical (unpaired) electrons. The lowest BCUT2D eigenvalue weighted by atomic mass is 9.81. The van der Waals surface area contributed by atoms with E-state index in [4.69, 9.17) is 0 Å². The highest BCUT2D eigenvalue weighted by Crippen LogP contribution is 2.45. The highest BCUT2D eigenvalue weighted by molar-refractivity contribution is 6.12. The molecule has 0 nitrogen and oxygen atoms in total. The van der Waals surface area contributed by atoms with Crippen LogP contribution in [0.4, 0.5) is 0 Å². The van der Waals surface area contributed by atoms with E-state index >= 15 is 0 Å². The van der Waals surface area contributed by atoms with E-state index in [2.05, 4.69) is 140 Å². The zero-order valence-electron chi connectivity index (χ0n) is 25.9. The smallest absolute Gasteiger partial charge is 0.00204 e. The third-order valence-electron chi connectivity index (χ3n) is 8.19. The lowest BCUT2D eigenvalue weighted by Gasteiger charge is -2.22. The second kappa shape index (κ2) is 13.3. The van der Waals surface area contributed by atoms with E-state index in [0.29, 0.717) is 0 Å². The van der Waals surface area contributed by atoms with Gasteiger partial charge >= 0.3 is 0 Å². The molecule has 0 saturated heterocycles. The molecule has 0 heteroatoms. The third-order valence-corrected chi connectivity index (χ3v) is 8.19. The molecule has 42 heavy (non-hydrogen) atoms. The van der Waals surface area contributed by atoms with Crippen LogP contribution in [-0.4, -0.2) is 0 Å². The van der Waals surface area contributed by atoms with Gasteiger partial charge in [0.15, 0.2) is 0 Å². The predicted molar refractivity (Wildman–Crippen MR) is 191 cm³/mol. The van der Waals surface area contributed by atoms with Gasteiger partial charge in [0, 0.05) is 0 Å². The fourth-order valence-electron chi connectivity index (χ4n) is 5.69. The van der Waals surface area contributed by atoms with Crippen molar-refractivity contribution in [3.05, 3.63) is 150 Å². The van der Waals surface area contributed by atoms with Gasteiger partial charge < -0.3 is 0 Å². The molecule has 0 unspecified atom stereocenters. The Morgan fingerprint density at radius 1 is 0.667 bits per heavy atom. The number of hydrogen-bond acceptors (Lipinski definition) is 0. The molecule has 0 bridgehead atoms. The van der Waals surface area contributed by atoms with Crippen molar-refractivity contribution in [2.45, 2.75) is 41.0 Å². The van der Waals surface area contributed by atoms with Crippen molar-refractivity contribution in [1.82, 2.24) is 0 Å². The summed E-state index contributed by atoms with van der Waals surface area (Å²) in [5.74, 6) is 0. The van der Waals surface area contributed by atoms with Crippen LogP contribution in [0, 0.1) is 6.92 Å². The highest BCUT2D eigenvalue weighted by Gasteiger charge is 2.21. The third kappa shape index (κ3) is 5.71. The molecule has 0 aliphatic rings. The van der Waals surface area contributed by atoms with E-state index in [1.165, 1.54) is 38.6 Å². The van der Waals surface area contributed by atoms with E-state index in [0.717, 1.165) is 50.9 Å². The van der Waals surface area contributed by atoms with Gasteiger partial charge in [-0.05, 0) is 106 Å². The van der Waals surface area contributed by atoms with E-state index in [9.17, 15) is 0 Å². The average Bonchev–Trinajstić information content (AvgIpc) is 3.02. The van der Waals surface area contributed by atoms with Gasteiger partial charge in [-0.15, -0.1) is 0 Å². The first-order valence-electron chi connectivity index (χ1n) is 14.7. The Hall–Kier alpha value is -4.68. The second-order valence-corrected chi connectivity index (χ2v) is 10.8. The number of aryl methyl sites for hydroxylation is 1. The van der Waals surface area contributed by atoms with Crippen molar-refractivity contribution in [2.75, 3.05) is 0 Å². The molecule has 0 aromatic heterocycles. The van der Waals surface area contributed by atoms with Crippen LogP contribution >= 0.6 is 0 Å². The van der Waals surface area contributed by atoms with Gasteiger partial charge in [0.25, 0.3) is 0 Å². The van der Waals surface area contributed by atoms with Crippen molar-refractivity contribution in [1.29, 1.82) is 0 Å².